The molecule has 0 N–H and O–H groups in total. The second kappa shape index (κ2) is 10.1. The second-order valence-electron chi connectivity index (χ2n) is 5.44. The Balaban J connectivity index is 0.00000210. The van der Waals surface area contributed by atoms with Gasteiger partial charge in [0.2, 0.25) is 0 Å². The van der Waals surface area contributed by atoms with Gasteiger partial charge in [0.1, 0.15) is 23.9 Å². The number of hydrogen-bond donors (Lipinski definition) is 0. The maximum Gasteiger partial charge on any atom is 1.00 e. The molecule has 2 aromatic rings. The van der Waals surface area contributed by atoms with Crippen LogP contribution in [-0.2, 0) is 20.8 Å². The molecule has 10 nitrogen and oxygen atoms in total. The van der Waals surface area contributed by atoms with Crippen molar-refractivity contribution < 1.29 is 103 Å². The van der Waals surface area contributed by atoms with Crippen LogP contribution in [-0.4, -0.2) is 38.3 Å². The summed E-state index contributed by atoms with van der Waals surface area (Å²) in [4.78, 5) is 12.6. The summed E-state index contributed by atoms with van der Waals surface area (Å²) in [6.45, 7) is -0.0839. The topological polar surface area (TPSA) is 159 Å². The van der Waals surface area contributed by atoms with Crippen LogP contribution in [0.15, 0.2) is 42.5 Å². The minimum Gasteiger partial charge on any atom is -0.716 e. The van der Waals surface area contributed by atoms with E-state index in [9.17, 15) is 30.7 Å². The van der Waals surface area contributed by atoms with Gasteiger partial charge in [-0.25, -0.2) is 16.8 Å². The molecule has 0 fully saturated rings. The number of ether oxygens (including phenoxy) is 1. The summed E-state index contributed by atoms with van der Waals surface area (Å²) in [5, 5.41) is 0. The summed E-state index contributed by atoms with van der Waals surface area (Å²) in [5.41, 5.74) is 0.646. The Morgan fingerprint density at radius 1 is 0.862 bits per heavy atom. The van der Waals surface area contributed by atoms with Crippen LogP contribution >= 0.6 is 0 Å². The fourth-order valence-corrected chi connectivity index (χ4v) is 3.24. The molecule has 1 unspecified atom stereocenters. The van der Waals surface area contributed by atoms with Crippen molar-refractivity contribution in [3.63, 3.8) is 0 Å². The third kappa shape index (κ3) is 7.21. The van der Waals surface area contributed by atoms with Crippen LogP contribution in [0.4, 0.5) is 0 Å². The van der Waals surface area contributed by atoms with Gasteiger partial charge in [-0.1, -0.05) is 12.1 Å². The minimum absolute atomic E-state index is 0. The largest absolute Gasteiger partial charge is 1.00 e. The van der Waals surface area contributed by atoms with E-state index >= 15 is 0 Å². The van der Waals surface area contributed by atoms with Crippen LogP contribution in [0.5, 0.6) is 17.2 Å². The van der Waals surface area contributed by atoms with Crippen molar-refractivity contribution in [3.05, 3.63) is 53.6 Å². The first-order valence-corrected chi connectivity index (χ1v) is 9.90. The first kappa shape index (κ1) is 26.4. The van der Waals surface area contributed by atoms with Gasteiger partial charge in [-0.2, -0.15) is 0 Å². The van der Waals surface area contributed by atoms with Gasteiger partial charge in [0.05, 0.1) is 11.5 Å². The number of benzene rings is 2. The first-order valence-electron chi connectivity index (χ1n) is 7.23. The van der Waals surface area contributed by atoms with Gasteiger partial charge in [-0.05, 0) is 29.8 Å². The number of carbonyl (C=O) groups excluding carboxylic acids is 1. The van der Waals surface area contributed by atoms with Gasteiger partial charge in [0.15, 0.2) is 5.78 Å². The van der Waals surface area contributed by atoms with Gasteiger partial charge >= 0.3 is 59.1 Å². The molecule has 0 amide bonds. The third-order valence-corrected chi connectivity index (χ3v) is 4.41. The van der Waals surface area contributed by atoms with E-state index in [0.717, 1.165) is 12.1 Å². The summed E-state index contributed by atoms with van der Waals surface area (Å²) < 4.78 is 77.5. The summed E-state index contributed by atoms with van der Waals surface area (Å²) >= 11 is 0. The number of hydrogen-bond acceptors (Lipinski definition) is 10. The monoisotopic (exact) mass is 460 g/mol. The van der Waals surface area contributed by atoms with Crippen molar-refractivity contribution in [2.24, 2.45) is 0 Å². The van der Waals surface area contributed by atoms with Gasteiger partial charge in [-0.3, -0.25) is 4.79 Å². The SMILES string of the molecule is O=C1c2ccc(OS(=O)(=O)[O-])cc2OCC1c1ccc(OS(=O)(=O)[O-])cc1.[Na+].[Na+]. The zero-order valence-electron chi connectivity index (χ0n) is 15.2. The molecule has 3 rings (SSSR count). The number of ketones is 1. The van der Waals surface area contributed by atoms with Crippen molar-refractivity contribution in [1.82, 2.24) is 0 Å². The Morgan fingerprint density at radius 3 is 1.93 bits per heavy atom. The quantitative estimate of drug-likeness (QED) is 0.240. The molecular weight excluding hydrogens is 450 g/mol. The molecule has 1 aliphatic rings. The number of Topliss-reactive ketones (excluding diaryl/α,β-unsaturated/α-hetero) is 1. The van der Waals surface area contributed by atoms with E-state index in [0.29, 0.717) is 5.56 Å². The predicted molar refractivity (Wildman–Crippen MR) is 86.1 cm³/mol. The molecule has 144 valence electrons. The van der Waals surface area contributed by atoms with E-state index < -0.39 is 26.7 Å². The van der Waals surface area contributed by atoms with Crippen LogP contribution in [0, 0.1) is 0 Å². The first-order chi connectivity index (χ1) is 12.5. The molecule has 1 aliphatic heterocycles. The third-order valence-electron chi connectivity index (χ3n) is 3.62. The standard InChI is InChI=1S/C15H12O10S2.2Na/c16-15-12-6-5-11(25-27(20,21)22)7-14(12)23-8-13(15)9-1-3-10(4-2-9)24-26(17,18)19;;/h1-7,13H,8H2,(H,17,18,19)(H,20,21,22);;/q;2*+1/p-2. The van der Waals surface area contributed by atoms with Crippen LogP contribution in [0.3, 0.4) is 0 Å². The Morgan fingerprint density at radius 2 is 1.38 bits per heavy atom. The summed E-state index contributed by atoms with van der Waals surface area (Å²) in [5.74, 6) is -1.47. The molecule has 1 atom stereocenters. The molecule has 0 spiro atoms. The molecule has 2 aromatic carbocycles. The number of carbonyl (C=O) groups is 1. The second-order valence-corrected chi connectivity index (χ2v) is 7.40. The normalized spacial score (nSPS) is 15.8. The van der Waals surface area contributed by atoms with Gasteiger partial charge in [0.25, 0.3) is 20.8 Å². The summed E-state index contributed by atoms with van der Waals surface area (Å²) in [6, 6.07) is 8.82. The van der Waals surface area contributed by atoms with Gasteiger partial charge in [-0.15, -0.1) is 0 Å². The molecule has 0 saturated heterocycles. The Bertz CT molecular complexity index is 1100. The number of fused-ring (bicyclic) bond motifs is 1. The van der Waals surface area contributed by atoms with Crippen LogP contribution in [0.2, 0.25) is 0 Å². The molecule has 0 aromatic heterocycles. The maximum absolute atomic E-state index is 12.6. The van der Waals surface area contributed by atoms with Crippen LogP contribution in [0.1, 0.15) is 21.8 Å². The Labute approximate surface area is 211 Å². The maximum atomic E-state index is 12.6. The zero-order chi connectivity index (χ0) is 19.8. The predicted octanol–water partition coefficient (Wildman–Crippen LogP) is -5.27. The van der Waals surface area contributed by atoms with Crippen molar-refractivity contribution in [2.45, 2.75) is 5.92 Å². The molecule has 1 heterocycles. The van der Waals surface area contributed by atoms with Crippen LogP contribution < -0.4 is 72.2 Å². The van der Waals surface area contributed by atoms with Crippen LogP contribution in [0.25, 0.3) is 0 Å². The summed E-state index contributed by atoms with van der Waals surface area (Å²) in [7, 11) is -9.86. The van der Waals surface area contributed by atoms with E-state index in [1.165, 1.54) is 30.3 Å². The molecule has 0 aliphatic carbocycles. The zero-order valence-corrected chi connectivity index (χ0v) is 20.9. The van der Waals surface area contributed by atoms with Gasteiger partial charge < -0.3 is 22.2 Å². The van der Waals surface area contributed by atoms with E-state index in [1.54, 1.807) is 0 Å². The molecule has 29 heavy (non-hydrogen) atoms. The van der Waals surface area contributed by atoms with Crippen molar-refractivity contribution in [2.75, 3.05) is 6.61 Å². The van der Waals surface area contributed by atoms with E-state index in [1.807, 2.05) is 0 Å². The van der Waals surface area contributed by atoms with E-state index in [4.69, 9.17) is 4.74 Å². The minimum atomic E-state index is -4.96. The molecule has 0 bridgehead atoms. The molecule has 14 heteroatoms. The van der Waals surface area contributed by atoms with E-state index in [2.05, 4.69) is 8.37 Å². The number of rotatable bonds is 5. The van der Waals surface area contributed by atoms with Crippen molar-refractivity contribution in [3.8, 4) is 17.2 Å². The fourth-order valence-electron chi connectivity index (χ4n) is 2.55. The smallest absolute Gasteiger partial charge is 0.716 e. The van der Waals surface area contributed by atoms with Crippen molar-refractivity contribution >= 4 is 26.6 Å². The Kier molecular flexibility index (Phi) is 9.17. The molecule has 0 saturated carbocycles. The average molecular weight is 460 g/mol. The Hall–Kier alpha value is -0.670. The fraction of sp³-hybridized carbons (Fsp3) is 0.133. The average Bonchev–Trinajstić information content (AvgIpc) is 2.53. The molecular formula is C15H10Na2O10S2. The summed E-state index contributed by atoms with van der Waals surface area (Å²) in [6.07, 6.45) is 0. The molecule has 0 radical (unpaired) electrons. The van der Waals surface area contributed by atoms with E-state index in [-0.39, 0.29) is 94.3 Å². The van der Waals surface area contributed by atoms with Crippen molar-refractivity contribution in [1.29, 1.82) is 0 Å². The van der Waals surface area contributed by atoms with Gasteiger partial charge in [0, 0.05) is 6.07 Å².